The zero-order chi connectivity index (χ0) is 19.8. The molecule has 146 valence electrons. The molecule has 0 radical (unpaired) electrons. The third-order valence-corrected chi connectivity index (χ3v) is 4.35. The van der Waals surface area contributed by atoms with E-state index in [1.807, 2.05) is 6.07 Å². The maximum absolute atomic E-state index is 12.9. The van der Waals surface area contributed by atoms with Crippen molar-refractivity contribution in [2.45, 2.75) is 32.9 Å². The number of hydrogen-bond acceptors (Lipinski definition) is 6. The third-order valence-electron chi connectivity index (χ3n) is 4.35. The van der Waals surface area contributed by atoms with E-state index < -0.39 is 19.1 Å². The van der Waals surface area contributed by atoms with Crippen molar-refractivity contribution >= 4 is 22.6 Å². The second-order valence-corrected chi connectivity index (χ2v) is 6.57. The van der Waals surface area contributed by atoms with E-state index in [9.17, 15) is 13.9 Å². The fraction of sp³-hybridized carbons (Fsp3) is 0.333. The Labute approximate surface area is 158 Å². The molecule has 0 aliphatic heterocycles. The number of aromatic nitrogens is 6. The van der Waals surface area contributed by atoms with Gasteiger partial charge in [-0.15, -0.1) is 5.10 Å². The second-order valence-electron chi connectivity index (χ2n) is 6.57. The van der Waals surface area contributed by atoms with Crippen molar-refractivity contribution in [3.8, 4) is 11.3 Å². The molecule has 4 heterocycles. The number of aliphatic hydroxyl groups is 1. The summed E-state index contributed by atoms with van der Waals surface area (Å²) in [5.74, 6) is 0.892. The number of halogens is 2. The summed E-state index contributed by atoms with van der Waals surface area (Å²) in [5.41, 5.74) is 3.13. The van der Waals surface area contributed by atoms with Gasteiger partial charge in [0.1, 0.15) is 11.3 Å². The first-order chi connectivity index (χ1) is 13.4. The quantitative estimate of drug-likeness (QED) is 0.528. The lowest BCUT2D eigenvalue weighted by molar-refractivity contribution is 0.127. The van der Waals surface area contributed by atoms with Crippen LogP contribution in [0.25, 0.3) is 27.9 Å². The highest BCUT2D eigenvalue weighted by Crippen LogP contribution is 2.26. The Balaban J connectivity index is 1.74. The molecule has 1 atom stereocenters. The van der Waals surface area contributed by atoms with Crippen LogP contribution < -0.4 is 5.32 Å². The Morgan fingerprint density at radius 1 is 1.21 bits per heavy atom. The molecular weight excluding hydrogens is 368 g/mol. The van der Waals surface area contributed by atoms with Crippen LogP contribution in [0.4, 0.5) is 14.7 Å². The van der Waals surface area contributed by atoms with Crippen molar-refractivity contribution in [2.24, 2.45) is 0 Å². The number of aliphatic hydroxyl groups excluding tert-OH is 1. The minimum Gasteiger partial charge on any atom is -0.392 e. The molecule has 0 unspecified atom stereocenters. The molecule has 10 heteroatoms. The molecule has 0 aliphatic rings. The van der Waals surface area contributed by atoms with Crippen LogP contribution in [0, 0.1) is 6.92 Å². The molecule has 0 aromatic carbocycles. The van der Waals surface area contributed by atoms with E-state index in [1.165, 1.54) is 4.57 Å². The standard InChI is InChI=1S/C18H19F2N7O/c1-10(28)7-21-18-22-8-15-12(5-6-27(15)25-18)13-3-4-14-17(24-13)26(9-16(19)20)11(2)23-14/h3-6,8,10,16,28H,7,9H2,1-2H3,(H,21,25)/t10-/m1/s1. The number of hydrogen-bond donors (Lipinski definition) is 2. The lowest BCUT2D eigenvalue weighted by Gasteiger charge is -2.07. The first-order valence-electron chi connectivity index (χ1n) is 8.81. The first-order valence-corrected chi connectivity index (χ1v) is 8.81. The fourth-order valence-corrected chi connectivity index (χ4v) is 3.06. The molecule has 4 aromatic rings. The molecular formula is C18H19F2N7O. The number of alkyl halides is 2. The van der Waals surface area contributed by atoms with Gasteiger partial charge in [0.2, 0.25) is 5.95 Å². The van der Waals surface area contributed by atoms with Gasteiger partial charge < -0.3 is 15.0 Å². The molecule has 0 amide bonds. The first kappa shape index (κ1) is 18.2. The van der Waals surface area contributed by atoms with Gasteiger partial charge >= 0.3 is 0 Å². The van der Waals surface area contributed by atoms with Crippen LogP contribution in [0.15, 0.2) is 30.6 Å². The van der Waals surface area contributed by atoms with Gasteiger partial charge in [-0.2, -0.15) is 0 Å². The van der Waals surface area contributed by atoms with E-state index in [4.69, 9.17) is 0 Å². The Hall–Kier alpha value is -3.14. The van der Waals surface area contributed by atoms with Gasteiger partial charge in [-0.3, -0.25) is 0 Å². The van der Waals surface area contributed by atoms with Crippen molar-refractivity contribution in [1.29, 1.82) is 0 Å². The van der Waals surface area contributed by atoms with Crippen LogP contribution in [0.3, 0.4) is 0 Å². The summed E-state index contributed by atoms with van der Waals surface area (Å²) in [6.07, 6.45) is 0.420. The maximum atomic E-state index is 12.9. The number of rotatable bonds is 6. The maximum Gasteiger partial charge on any atom is 0.256 e. The van der Waals surface area contributed by atoms with E-state index in [-0.39, 0.29) is 0 Å². The van der Waals surface area contributed by atoms with Gasteiger partial charge in [-0.1, -0.05) is 0 Å². The van der Waals surface area contributed by atoms with Gasteiger partial charge in [-0.25, -0.2) is 28.2 Å². The van der Waals surface area contributed by atoms with Crippen molar-refractivity contribution in [1.82, 2.24) is 29.1 Å². The molecule has 2 N–H and O–H groups in total. The summed E-state index contributed by atoms with van der Waals surface area (Å²) in [5, 5.41) is 16.7. The summed E-state index contributed by atoms with van der Waals surface area (Å²) in [4.78, 5) is 13.1. The number of pyridine rings is 1. The van der Waals surface area contributed by atoms with Gasteiger partial charge in [-0.05, 0) is 32.0 Å². The zero-order valence-electron chi connectivity index (χ0n) is 15.3. The Morgan fingerprint density at radius 3 is 2.79 bits per heavy atom. The highest BCUT2D eigenvalue weighted by molar-refractivity contribution is 5.82. The van der Waals surface area contributed by atoms with E-state index in [1.54, 1.807) is 42.9 Å². The number of fused-ring (bicyclic) bond motifs is 2. The molecule has 4 rings (SSSR count). The average Bonchev–Trinajstić information content (AvgIpc) is 3.20. The Morgan fingerprint density at radius 2 is 2.04 bits per heavy atom. The number of anilines is 1. The highest BCUT2D eigenvalue weighted by Gasteiger charge is 2.16. The molecule has 0 saturated carbocycles. The van der Waals surface area contributed by atoms with Crippen LogP contribution >= 0.6 is 0 Å². The normalized spacial score (nSPS) is 12.9. The van der Waals surface area contributed by atoms with E-state index in [2.05, 4.69) is 25.4 Å². The predicted molar refractivity (Wildman–Crippen MR) is 100 cm³/mol. The number of nitrogens with zero attached hydrogens (tertiary/aromatic N) is 6. The molecule has 8 nitrogen and oxygen atoms in total. The topological polar surface area (TPSA) is 93.2 Å². The summed E-state index contributed by atoms with van der Waals surface area (Å²) >= 11 is 0. The van der Waals surface area contributed by atoms with Crippen LogP contribution in [-0.2, 0) is 6.54 Å². The predicted octanol–water partition coefficient (Wildman–Crippen LogP) is 2.51. The average molecular weight is 387 g/mol. The van der Waals surface area contributed by atoms with Crippen molar-refractivity contribution < 1.29 is 13.9 Å². The van der Waals surface area contributed by atoms with E-state index in [0.717, 1.165) is 11.1 Å². The number of imidazole rings is 1. The van der Waals surface area contributed by atoms with Gasteiger partial charge in [0.15, 0.2) is 5.65 Å². The Bertz CT molecular complexity index is 1140. The van der Waals surface area contributed by atoms with Gasteiger partial charge in [0.05, 0.1) is 30.1 Å². The van der Waals surface area contributed by atoms with Crippen LogP contribution in [-0.4, -0.2) is 53.3 Å². The Kier molecular flexibility index (Phi) is 4.63. The van der Waals surface area contributed by atoms with Crippen molar-refractivity contribution in [2.75, 3.05) is 11.9 Å². The monoisotopic (exact) mass is 387 g/mol. The summed E-state index contributed by atoms with van der Waals surface area (Å²) in [6.45, 7) is 3.25. The van der Waals surface area contributed by atoms with E-state index in [0.29, 0.717) is 35.2 Å². The minimum absolute atomic E-state index is 0.339. The smallest absolute Gasteiger partial charge is 0.256 e. The zero-order valence-corrected chi connectivity index (χ0v) is 15.3. The highest BCUT2D eigenvalue weighted by atomic mass is 19.3. The molecule has 0 aliphatic carbocycles. The van der Waals surface area contributed by atoms with Gasteiger partial charge in [0, 0.05) is 18.3 Å². The van der Waals surface area contributed by atoms with E-state index >= 15 is 0 Å². The summed E-state index contributed by atoms with van der Waals surface area (Å²) in [6, 6.07) is 5.42. The number of nitrogens with one attached hydrogen (secondary N) is 1. The largest absolute Gasteiger partial charge is 0.392 e. The van der Waals surface area contributed by atoms with Crippen LogP contribution in [0.2, 0.25) is 0 Å². The SMILES string of the molecule is Cc1nc2ccc(-c3ccn4nc(NC[C@@H](C)O)ncc34)nc2n1CC(F)F. The lowest BCUT2D eigenvalue weighted by atomic mass is 10.2. The fourth-order valence-electron chi connectivity index (χ4n) is 3.06. The number of aryl methyl sites for hydroxylation is 1. The van der Waals surface area contributed by atoms with Crippen LogP contribution in [0.5, 0.6) is 0 Å². The summed E-state index contributed by atoms with van der Waals surface area (Å²) in [7, 11) is 0. The van der Waals surface area contributed by atoms with Crippen molar-refractivity contribution in [3.63, 3.8) is 0 Å². The van der Waals surface area contributed by atoms with Crippen molar-refractivity contribution in [3.05, 3.63) is 36.4 Å². The molecule has 28 heavy (non-hydrogen) atoms. The van der Waals surface area contributed by atoms with Gasteiger partial charge in [0.25, 0.3) is 6.43 Å². The molecule has 4 aromatic heterocycles. The molecule has 0 fully saturated rings. The van der Waals surface area contributed by atoms with Crippen LogP contribution in [0.1, 0.15) is 12.7 Å². The lowest BCUT2D eigenvalue weighted by Crippen LogP contribution is -2.17. The third kappa shape index (κ3) is 3.38. The second kappa shape index (κ2) is 7.12. The molecule has 0 bridgehead atoms. The molecule has 0 spiro atoms. The molecule has 0 saturated heterocycles. The minimum atomic E-state index is -2.49. The summed E-state index contributed by atoms with van der Waals surface area (Å²) < 4.78 is 28.9.